The Bertz CT molecular complexity index is 506. The predicted octanol–water partition coefficient (Wildman–Crippen LogP) is 1.93. The van der Waals surface area contributed by atoms with E-state index in [4.69, 9.17) is 9.15 Å². The maximum atomic E-state index is 11.7. The smallest absolute Gasteiger partial charge is 0.224 e. The molecule has 0 saturated carbocycles. The minimum atomic E-state index is -0.0489. The number of hydrogen-bond donors (Lipinski definition) is 1. The summed E-state index contributed by atoms with van der Waals surface area (Å²) in [5, 5.41) is 2.78. The first-order chi connectivity index (χ1) is 9.28. The van der Waals surface area contributed by atoms with Crippen LogP contribution in [0.1, 0.15) is 18.2 Å². The summed E-state index contributed by atoms with van der Waals surface area (Å²) in [4.78, 5) is 15.6. The molecule has 0 aliphatic heterocycles. The van der Waals surface area contributed by atoms with Crippen LogP contribution in [0.5, 0.6) is 5.75 Å². The molecule has 19 heavy (non-hydrogen) atoms. The molecule has 1 aromatic carbocycles. The standard InChI is InChI=1S/C14H16N2O3/c1-2-19-13-5-3-11(4-6-13)7-14(17)15-8-12-9-18-10-16-12/h3-6,9-10H,2,7-8H2,1H3,(H,15,17). The van der Waals surface area contributed by atoms with Gasteiger partial charge in [0.05, 0.1) is 25.3 Å². The minimum Gasteiger partial charge on any atom is -0.494 e. The van der Waals surface area contributed by atoms with Gasteiger partial charge in [-0.25, -0.2) is 4.98 Å². The number of aromatic nitrogens is 1. The summed E-state index contributed by atoms with van der Waals surface area (Å²) in [7, 11) is 0. The van der Waals surface area contributed by atoms with Crippen molar-refractivity contribution in [2.45, 2.75) is 19.9 Å². The van der Waals surface area contributed by atoms with Gasteiger partial charge in [0.25, 0.3) is 0 Å². The molecule has 0 aliphatic carbocycles. The van der Waals surface area contributed by atoms with Gasteiger partial charge in [-0.15, -0.1) is 0 Å². The summed E-state index contributed by atoms with van der Waals surface area (Å²) in [6.45, 7) is 2.95. The Kier molecular flexibility index (Phi) is 4.55. The highest BCUT2D eigenvalue weighted by atomic mass is 16.5. The summed E-state index contributed by atoms with van der Waals surface area (Å²) in [5.41, 5.74) is 1.65. The molecule has 1 aromatic heterocycles. The van der Waals surface area contributed by atoms with Crippen molar-refractivity contribution in [1.82, 2.24) is 10.3 Å². The second kappa shape index (κ2) is 6.58. The van der Waals surface area contributed by atoms with Crippen molar-refractivity contribution in [2.75, 3.05) is 6.61 Å². The van der Waals surface area contributed by atoms with Gasteiger partial charge in [-0.2, -0.15) is 0 Å². The van der Waals surface area contributed by atoms with Crippen molar-refractivity contribution in [3.05, 3.63) is 48.2 Å². The number of oxazole rings is 1. The molecule has 5 heteroatoms. The first-order valence-corrected chi connectivity index (χ1v) is 6.13. The molecule has 0 saturated heterocycles. The Morgan fingerprint density at radius 1 is 1.37 bits per heavy atom. The van der Waals surface area contributed by atoms with Crippen molar-refractivity contribution in [1.29, 1.82) is 0 Å². The average molecular weight is 260 g/mol. The SMILES string of the molecule is CCOc1ccc(CC(=O)NCc2cocn2)cc1. The van der Waals surface area contributed by atoms with E-state index in [-0.39, 0.29) is 5.91 Å². The van der Waals surface area contributed by atoms with Gasteiger partial charge < -0.3 is 14.5 Å². The minimum absolute atomic E-state index is 0.0489. The first kappa shape index (κ1) is 13.1. The first-order valence-electron chi connectivity index (χ1n) is 6.13. The van der Waals surface area contributed by atoms with Crippen molar-refractivity contribution < 1.29 is 13.9 Å². The highest BCUT2D eigenvalue weighted by Gasteiger charge is 2.04. The zero-order valence-electron chi connectivity index (χ0n) is 10.8. The Balaban J connectivity index is 1.81. The van der Waals surface area contributed by atoms with E-state index in [1.807, 2.05) is 31.2 Å². The normalized spacial score (nSPS) is 10.2. The lowest BCUT2D eigenvalue weighted by atomic mass is 10.1. The molecule has 100 valence electrons. The molecular formula is C14H16N2O3. The van der Waals surface area contributed by atoms with Crippen LogP contribution in [0.2, 0.25) is 0 Å². The lowest BCUT2D eigenvalue weighted by molar-refractivity contribution is -0.120. The molecular weight excluding hydrogens is 244 g/mol. The van der Waals surface area contributed by atoms with Gasteiger partial charge >= 0.3 is 0 Å². The van der Waals surface area contributed by atoms with E-state index >= 15 is 0 Å². The molecule has 2 aromatic rings. The number of carbonyl (C=O) groups excluding carboxylic acids is 1. The molecule has 0 bridgehead atoms. The highest BCUT2D eigenvalue weighted by Crippen LogP contribution is 2.12. The summed E-state index contributed by atoms with van der Waals surface area (Å²) in [5.74, 6) is 0.765. The molecule has 1 amide bonds. The van der Waals surface area contributed by atoms with Gasteiger partial charge in [0.1, 0.15) is 12.0 Å². The number of carbonyl (C=O) groups is 1. The number of hydrogen-bond acceptors (Lipinski definition) is 4. The van der Waals surface area contributed by atoms with Crippen LogP contribution < -0.4 is 10.1 Å². The third-order valence-electron chi connectivity index (χ3n) is 2.55. The molecule has 0 aliphatic rings. The third-order valence-corrected chi connectivity index (χ3v) is 2.55. The number of benzene rings is 1. The van der Waals surface area contributed by atoms with Crippen LogP contribution in [0.4, 0.5) is 0 Å². The van der Waals surface area contributed by atoms with Crippen LogP contribution in [0.15, 0.2) is 41.3 Å². The van der Waals surface area contributed by atoms with Gasteiger partial charge in [-0.1, -0.05) is 12.1 Å². The van der Waals surface area contributed by atoms with Crippen LogP contribution in [-0.4, -0.2) is 17.5 Å². The average Bonchev–Trinajstić information content (AvgIpc) is 2.92. The maximum absolute atomic E-state index is 11.7. The molecule has 0 radical (unpaired) electrons. The number of rotatable bonds is 6. The maximum Gasteiger partial charge on any atom is 0.224 e. The fourth-order valence-electron chi connectivity index (χ4n) is 1.63. The lowest BCUT2D eigenvalue weighted by Gasteiger charge is -2.05. The second-order valence-electron chi connectivity index (χ2n) is 4.01. The molecule has 0 atom stereocenters. The predicted molar refractivity (Wildman–Crippen MR) is 69.7 cm³/mol. The Hall–Kier alpha value is -2.30. The Morgan fingerprint density at radius 2 is 2.16 bits per heavy atom. The van der Waals surface area contributed by atoms with Crippen molar-refractivity contribution in [3.63, 3.8) is 0 Å². The zero-order chi connectivity index (χ0) is 13.5. The third kappa shape index (κ3) is 4.13. The fraction of sp³-hybridized carbons (Fsp3) is 0.286. The van der Waals surface area contributed by atoms with E-state index in [1.165, 1.54) is 12.7 Å². The van der Waals surface area contributed by atoms with E-state index in [9.17, 15) is 4.79 Å². The lowest BCUT2D eigenvalue weighted by Crippen LogP contribution is -2.24. The van der Waals surface area contributed by atoms with Crippen LogP contribution in [0.3, 0.4) is 0 Å². The molecule has 0 unspecified atom stereocenters. The number of ether oxygens (including phenoxy) is 1. The Labute approximate surface area is 111 Å². The van der Waals surface area contributed by atoms with Gasteiger partial charge in [-0.05, 0) is 24.6 Å². The zero-order valence-corrected chi connectivity index (χ0v) is 10.8. The van der Waals surface area contributed by atoms with Crippen LogP contribution in [0.25, 0.3) is 0 Å². The topological polar surface area (TPSA) is 64.4 Å². The molecule has 0 fully saturated rings. The van der Waals surface area contributed by atoms with E-state index in [0.717, 1.165) is 11.3 Å². The van der Waals surface area contributed by atoms with Gasteiger partial charge in [0.2, 0.25) is 5.91 Å². The van der Waals surface area contributed by atoms with Crippen molar-refractivity contribution in [2.24, 2.45) is 0 Å². The molecule has 5 nitrogen and oxygen atoms in total. The summed E-state index contributed by atoms with van der Waals surface area (Å²) >= 11 is 0. The number of nitrogens with one attached hydrogen (secondary N) is 1. The number of nitrogens with zero attached hydrogens (tertiary/aromatic N) is 1. The monoisotopic (exact) mass is 260 g/mol. The fourth-order valence-corrected chi connectivity index (χ4v) is 1.63. The molecule has 0 spiro atoms. The van der Waals surface area contributed by atoms with Crippen LogP contribution >= 0.6 is 0 Å². The van der Waals surface area contributed by atoms with E-state index < -0.39 is 0 Å². The van der Waals surface area contributed by atoms with Gasteiger partial charge in [0.15, 0.2) is 6.39 Å². The highest BCUT2D eigenvalue weighted by molar-refractivity contribution is 5.78. The molecule has 2 rings (SSSR count). The summed E-state index contributed by atoms with van der Waals surface area (Å²) in [6, 6.07) is 7.51. The van der Waals surface area contributed by atoms with Crippen molar-refractivity contribution >= 4 is 5.91 Å². The van der Waals surface area contributed by atoms with Gasteiger partial charge in [0, 0.05) is 0 Å². The van der Waals surface area contributed by atoms with Crippen LogP contribution in [0, 0.1) is 0 Å². The molecule has 1 heterocycles. The second-order valence-corrected chi connectivity index (χ2v) is 4.01. The summed E-state index contributed by atoms with van der Waals surface area (Å²) < 4.78 is 10.2. The largest absolute Gasteiger partial charge is 0.494 e. The van der Waals surface area contributed by atoms with E-state index in [0.29, 0.717) is 25.3 Å². The van der Waals surface area contributed by atoms with Crippen LogP contribution in [-0.2, 0) is 17.8 Å². The van der Waals surface area contributed by atoms with E-state index in [1.54, 1.807) is 0 Å². The summed E-state index contributed by atoms with van der Waals surface area (Å²) in [6.07, 6.45) is 3.19. The van der Waals surface area contributed by atoms with Crippen molar-refractivity contribution in [3.8, 4) is 5.75 Å². The van der Waals surface area contributed by atoms with Gasteiger partial charge in [-0.3, -0.25) is 4.79 Å². The number of amides is 1. The van der Waals surface area contributed by atoms with E-state index in [2.05, 4.69) is 10.3 Å². The quantitative estimate of drug-likeness (QED) is 0.862. The molecule has 1 N–H and O–H groups in total. The Morgan fingerprint density at radius 3 is 2.79 bits per heavy atom.